The largest absolute Gasteiger partial charge is 0.383 e. The van der Waals surface area contributed by atoms with Crippen LogP contribution in [-0.2, 0) is 16.1 Å². The molecule has 1 amide bonds. The van der Waals surface area contributed by atoms with Crippen LogP contribution in [-0.4, -0.2) is 63.2 Å². The summed E-state index contributed by atoms with van der Waals surface area (Å²) < 4.78 is 5.03. The molecule has 0 saturated heterocycles. The van der Waals surface area contributed by atoms with Gasteiger partial charge in [0.15, 0.2) is 5.96 Å². The molecule has 28 heavy (non-hydrogen) atoms. The molecule has 0 aliphatic rings. The summed E-state index contributed by atoms with van der Waals surface area (Å²) >= 11 is 0. The van der Waals surface area contributed by atoms with Gasteiger partial charge < -0.3 is 25.6 Å². The van der Waals surface area contributed by atoms with Crippen LogP contribution in [0.25, 0.3) is 0 Å². The first-order valence-electron chi connectivity index (χ1n) is 9.76. The van der Waals surface area contributed by atoms with Crippen molar-refractivity contribution in [1.29, 1.82) is 0 Å². The minimum atomic E-state index is 0. The Morgan fingerprint density at radius 3 is 2.32 bits per heavy atom. The van der Waals surface area contributed by atoms with Crippen molar-refractivity contribution >= 4 is 41.5 Å². The predicted octanol–water partition coefficient (Wildman–Crippen LogP) is 2.68. The molecule has 0 spiro atoms. The lowest BCUT2D eigenvalue weighted by molar-refractivity contribution is -0.130. The zero-order chi connectivity index (χ0) is 19.9. The molecule has 8 heteroatoms. The van der Waals surface area contributed by atoms with Crippen molar-refractivity contribution < 1.29 is 9.53 Å². The molecule has 0 aromatic heterocycles. The van der Waals surface area contributed by atoms with Crippen LogP contribution in [0.4, 0.5) is 5.69 Å². The van der Waals surface area contributed by atoms with Gasteiger partial charge in [-0.25, -0.2) is 4.99 Å². The average molecular weight is 505 g/mol. The lowest BCUT2D eigenvalue weighted by Crippen LogP contribution is -2.40. The molecule has 1 aromatic carbocycles. The highest BCUT2D eigenvalue weighted by Crippen LogP contribution is 2.10. The molecule has 0 heterocycles. The third-order valence-corrected chi connectivity index (χ3v) is 4.10. The highest BCUT2D eigenvalue weighted by Gasteiger charge is 2.09. The van der Waals surface area contributed by atoms with Gasteiger partial charge in [-0.05, 0) is 38.5 Å². The number of carbonyl (C=O) groups excluding carboxylic acids is 1. The van der Waals surface area contributed by atoms with Gasteiger partial charge in [-0.15, -0.1) is 24.0 Å². The molecule has 0 radical (unpaired) electrons. The Bertz CT molecular complexity index is 562. The number of ether oxygens (including phenoxy) is 1. The Balaban J connectivity index is 0.00000729. The highest BCUT2D eigenvalue weighted by atomic mass is 127. The van der Waals surface area contributed by atoms with E-state index in [4.69, 9.17) is 4.74 Å². The van der Waals surface area contributed by atoms with Gasteiger partial charge in [-0.2, -0.15) is 0 Å². The van der Waals surface area contributed by atoms with Crippen LogP contribution in [0, 0.1) is 0 Å². The van der Waals surface area contributed by atoms with Crippen LogP contribution in [0.5, 0.6) is 0 Å². The summed E-state index contributed by atoms with van der Waals surface area (Å²) in [7, 11) is 1.69. The topological polar surface area (TPSA) is 78.0 Å². The number of nitrogens with one attached hydrogen (secondary N) is 3. The first-order valence-corrected chi connectivity index (χ1v) is 9.76. The summed E-state index contributed by atoms with van der Waals surface area (Å²) in [5, 5.41) is 9.75. The van der Waals surface area contributed by atoms with Crippen molar-refractivity contribution in [3.63, 3.8) is 0 Å². The van der Waals surface area contributed by atoms with Crippen LogP contribution in [0.1, 0.15) is 32.8 Å². The molecular formula is C20H36IN5O2. The van der Waals surface area contributed by atoms with Crippen molar-refractivity contribution in [2.24, 2.45) is 4.99 Å². The maximum Gasteiger partial charge on any atom is 0.224 e. The Morgan fingerprint density at radius 1 is 1.07 bits per heavy atom. The zero-order valence-electron chi connectivity index (χ0n) is 17.6. The fraction of sp³-hybridized carbons (Fsp3) is 0.600. The Labute approximate surface area is 186 Å². The Hall–Kier alpha value is -1.55. The molecule has 0 unspecified atom stereocenters. The molecule has 3 N–H and O–H groups in total. The lowest BCUT2D eigenvalue weighted by atomic mass is 10.2. The van der Waals surface area contributed by atoms with E-state index in [1.807, 2.05) is 37.8 Å². The summed E-state index contributed by atoms with van der Waals surface area (Å²) in [5.74, 6) is 0.895. The Kier molecular flexibility index (Phi) is 15.5. The molecule has 1 aromatic rings. The average Bonchev–Trinajstić information content (AvgIpc) is 2.68. The van der Waals surface area contributed by atoms with Gasteiger partial charge in [-0.3, -0.25) is 4.79 Å². The number of hydrogen-bond acceptors (Lipinski definition) is 4. The third-order valence-electron chi connectivity index (χ3n) is 4.10. The van der Waals surface area contributed by atoms with Gasteiger partial charge >= 0.3 is 0 Å². The van der Waals surface area contributed by atoms with Crippen molar-refractivity contribution in [1.82, 2.24) is 15.5 Å². The number of guanidine groups is 1. The van der Waals surface area contributed by atoms with E-state index in [-0.39, 0.29) is 29.9 Å². The van der Waals surface area contributed by atoms with Crippen molar-refractivity contribution in [2.45, 2.75) is 33.7 Å². The first kappa shape index (κ1) is 26.4. The predicted molar refractivity (Wildman–Crippen MR) is 128 cm³/mol. The number of carbonyl (C=O) groups is 1. The molecule has 0 aliphatic heterocycles. The van der Waals surface area contributed by atoms with Crippen molar-refractivity contribution in [2.75, 3.05) is 51.8 Å². The summed E-state index contributed by atoms with van der Waals surface area (Å²) in [6.45, 7) is 10.9. The van der Waals surface area contributed by atoms with Gasteiger partial charge in [0.05, 0.1) is 13.2 Å². The molecule has 7 nitrogen and oxygen atoms in total. The summed E-state index contributed by atoms with van der Waals surface area (Å²) in [5.41, 5.74) is 2.20. The van der Waals surface area contributed by atoms with Gasteiger partial charge in [0, 0.05) is 51.9 Å². The Morgan fingerprint density at radius 2 is 1.75 bits per heavy atom. The minimum Gasteiger partial charge on any atom is -0.383 e. The van der Waals surface area contributed by atoms with E-state index in [0.717, 1.165) is 43.4 Å². The fourth-order valence-electron chi connectivity index (χ4n) is 2.56. The molecule has 0 saturated carbocycles. The normalized spacial score (nSPS) is 10.8. The molecule has 0 atom stereocenters. The second kappa shape index (κ2) is 16.4. The van der Waals surface area contributed by atoms with Crippen molar-refractivity contribution in [3.8, 4) is 0 Å². The third kappa shape index (κ3) is 10.7. The van der Waals surface area contributed by atoms with Gasteiger partial charge in [-0.1, -0.05) is 12.1 Å². The number of amides is 1. The van der Waals surface area contributed by atoms with E-state index in [9.17, 15) is 4.79 Å². The standard InChI is InChI=1S/C20H35N5O2.HI/c1-5-21-20(23-13-12-19(26)25(6-2)7-3)24-16-17-8-10-18(11-9-17)22-14-15-27-4;/h8-11,22H,5-7,12-16H2,1-4H3,(H2,21,23,24);1H. The smallest absolute Gasteiger partial charge is 0.224 e. The summed E-state index contributed by atoms with van der Waals surface area (Å²) in [4.78, 5) is 18.5. The van der Waals surface area contributed by atoms with Gasteiger partial charge in [0.25, 0.3) is 0 Å². The molecule has 0 fully saturated rings. The number of nitrogens with zero attached hydrogens (tertiary/aromatic N) is 2. The number of rotatable bonds is 12. The van der Waals surface area contributed by atoms with Crippen LogP contribution in [0.2, 0.25) is 0 Å². The number of methoxy groups -OCH3 is 1. The number of halogens is 1. The minimum absolute atomic E-state index is 0. The summed E-state index contributed by atoms with van der Waals surface area (Å²) in [6.07, 6.45) is 0.466. The lowest BCUT2D eigenvalue weighted by Gasteiger charge is -2.19. The van der Waals surface area contributed by atoms with Crippen LogP contribution >= 0.6 is 24.0 Å². The van der Waals surface area contributed by atoms with Crippen LogP contribution in [0.15, 0.2) is 29.3 Å². The zero-order valence-corrected chi connectivity index (χ0v) is 19.9. The van der Waals surface area contributed by atoms with Gasteiger partial charge in [0.1, 0.15) is 0 Å². The summed E-state index contributed by atoms with van der Waals surface area (Å²) in [6, 6.07) is 8.21. The SMILES string of the molecule is CCNC(=NCc1ccc(NCCOC)cc1)NCCC(=O)N(CC)CC.I. The molecule has 0 bridgehead atoms. The first-order chi connectivity index (χ1) is 13.1. The molecular weight excluding hydrogens is 469 g/mol. The number of hydrogen-bond donors (Lipinski definition) is 3. The number of benzene rings is 1. The van der Waals surface area contributed by atoms with E-state index >= 15 is 0 Å². The van der Waals surface area contributed by atoms with Crippen LogP contribution in [0.3, 0.4) is 0 Å². The van der Waals surface area contributed by atoms with E-state index < -0.39 is 0 Å². The number of anilines is 1. The van der Waals surface area contributed by atoms with Crippen LogP contribution < -0.4 is 16.0 Å². The van der Waals surface area contributed by atoms with E-state index in [1.165, 1.54) is 0 Å². The highest BCUT2D eigenvalue weighted by molar-refractivity contribution is 14.0. The second-order valence-corrected chi connectivity index (χ2v) is 6.05. The van der Waals surface area contributed by atoms with Gasteiger partial charge in [0.2, 0.25) is 5.91 Å². The second-order valence-electron chi connectivity index (χ2n) is 6.05. The molecule has 0 aliphatic carbocycles. The maximum absolute atomic E-state index is 12.1. The fourth-order valence-corrected chi connectivity index (χ4v) is 2.56. The monoisotopic (exact) mass is 505 g/mol. The molecule has 1 rings (SSSR count). The molecule has 160 valence electrons. The van der Waals surface area contributed by atoms with Crippen molar-refractivity contribution in [3.05, 3.63) is 29.8 Å². The van der Waals surface area contributed by atoms with E-state index in [1.54, 1.807) is 7.11 Å². The number of aliphatic imine (C=N–C) groups is 1. The van der Waals surface area contributed by atoms with E-state index in [0.29, 0.717) is 26.1 Å². The quantitative estimate of drug-likeness (QED) is 0.176. The van der Waals surface area contributed by atoms with E-state index in [2.05, 4.69) is 33.1 Å². The maximum atomic E-state index is 12.1.